The van der Waals surface area contributed by atoms with E-state index in [1.54, 1.807) is 20.8 Å². The zero-order valence-corrected chi connectivity index (χ0v) is 11.9. The van der Waals surface area contributed by atoms with Gasteiger partial charge in [-0.15, -0.1) is 0 Å². The summed E-state index contributed by atoms with van der Waals surface area (Å²) in [5.41, 5.74) is 1.44. The number of aliphatic carboxylic acids is 1. The second-order valence-corrected chi connectivity index (χ2v) is 5.87. The van der Waals surface area contributed by atoms with E-state index in [4.69, 9.17) is 5.11 Å². The number of carboxylic acid groups (broad SMARTS) is 1. The van der Waals surface area contributed by atoms with E-state index in [1.807, 2.05) is 31.2 Å². The number of carboxylic acids is 1. The summed E-state index contributed by atoms with van der Waals surface area (Å²) in [5, 5.41) is 11.7. The van der Waals surface area contributed by atoms with Gasteiger partial charge in [0.05, 0.1) is 6.42 Å². The van der Waals surface area contributed by atoms with E-state index in [-0.39, 0.29) is 12.3 Å². The van der Waals surface area contributed by atoms with Crippen molar-refractivity contribution in [2.24, 2.45) is 5.41 Å². The predicted octanol–water partition coefficient (Wildman–Crippen LogP) is 2.15. The summed E-state index contributed by atoms with van der Waals surface area (Å²) in [6.45, 7) is 7.33. The molecule has 0 spiro atoms. The van der Waals surface area contributed by atoms with E-state index in [2.05, 4.69) is 5.32 Å². The topological polar surface area (TPSA) is 66.4 Å². The standard InChI is InChI=1S/C15H21NO3/c1-10-6-5-7-11(8-10)9-12(17)16-13(14(18)19)15(2,3)4/h5-8,13H,9H2,1-4H3,(H,16,17)(H,18,19)/t13-/m1/s1. The molecule has 0 aromatic heterocycles. The van der Waals surface area contributed by atoms with E-state index < -0.39 is 17.4 Å². The van der Waals surface area contributed by atoms with Gasteiger partial charge in [0, 0.05) is 0 Å². The molecular formula is C15H21NO3. The summed E-state index contributed by atoms with van der Waals surface area (Å²) in [6.07, 6.45) is 0.196. The van der Waals surface area contributed by atoms with Crippen molar-refractivity contribution in [2.45, 2.75) is 40.2 Å². The van der Waals surface area contributed by atoms with Crippen LogP contribution in [0.3, 0.4) is 0 Å². The molecule has 0 bridgehead atoms. The molecule has 4 heteroatoms. The highest BCUT2D eigenvalue weighted by Crippen LogP contribution is 2.19. The number of hydrogen-bond acceptors (Lipinski definition) is 2. The Balaban J connectivity index is 2.71. The Hall–Kier alpha value is -1.84. The Labute approximate surface area is 113 Å². The smallest absolute Gasteiger partial charge is 0.326 e. The molecule has 0 aliphatic carbocycles. The minimum Gasteiger partial charge on any atom is -0.480 e. The van der Waals surface area contributed by atoms with Crippen molar-refractivity contribution in [3.8, 4) is 0 Å². The van der Waals surface area contributed by atoms with Crippen LogP contribution in [-0.2, 0) is 16.0 Å². The van der Waals surface area contributed by atoms with Crippen molar-refractivity contribution in [1.82, 2.24) is 5.32 Å². The molecule has 1 aromatic rings. The minimum absolute atomic E-state index is 0.196. The van der Waals surface area contributed by atoms with Crippen LogP contribution in [0.2, 0.25) is 0 Å². The van der Waals surface area contributed by atoms with Crippen molar-refractivity contribution in [3.63, 3.8) is 0 Å². The van der Waals surface area contributed by atoms with Crippen LogP contribution in [0.5, 0.6) is 0 Å². The molecule has 104 valence electrons. The number of hydrogen-bond donors (Lipinski definition) is 2. The zero-order chi connectivity index (χ0) is 14.6. The van der Waals surface area contributed by atoms with Gasteiger partial charge in [-0.25, -0.2) is 4.79 Å². The molecule has 0 unspecified atom stereocenters. The first-order valence-electron chi connectivity index (χ1n) is 6.28. The lowest BCUT2D eigenvalue weighted by molar-refractivity contribution is -0.144. The first-order valence-corrected chi connectivity index (χ1v) is 6.28. The molecule has 0 aliphatic heterocycles. The molecular weight excluding hydrogens is 242 g/mol. The number of carbonyl (C=O) groups is 2. The third-order valence-electron chi connectivity index (χ3n) is 2.87. The highest BCUT2D eigenvalue weighted by Gasteiger charge is 2.32. The normalized spacial score (nSPS) is 12.8. The van der Waals surface area contributed by atoms with Crippen LogP contribution in [0.25, 0.3) is 0 Å². The Bertz CT molecular complexity index is 475. The summed E-state index contributed by atoms with van der Waals surface area (Å²) < 4.78 is 0. The van der Waals surface area contributed by atoms with E-state index >= 15 is 0 Å². The van der Waals surface area contributed by atoms with Crippen LogP contribution in [0, 0.1) is 12.3 Å². The van der Waals surface area contributed by atoms with Gasteiger partial charge in [-0.05, 0) is 17.9 Å². The van der Waals surface area contributed by atoms with E-state index in [0.29, 0.717) is 0 Å². The molecule has 0 radical (unpaired) electrons. The number of aryl methyl sites for hydroxylation is 1. The molecule has 0 saturated heterocycles. The molecule has 4 nitrogen and oxygen atoms in total. The first-order chi connectivity index (χ1) is 8.70. The Kier molecular flexibility index (Phi) is 4.70. The van der Waals surface area contributed by atoms with E-state index in [0.717, 1.165) is 11.1 Å². The van der Waals surface area contributed by atoms with Gasteiger partial charge in [0.1, 0.15) is 6.04 Å². The lowest BCUT2D eigenvalue weighted by atomic mass is 9.86. The molecule has 0 aliphatic rings. The average Bonchev–Trinajstić information content (AvgIpc) is 2.24. The fourth-order valence-corrected chi connectivity index (χ4v) is 1.87. The fourth-order valence-electron chi connectivity index (χ4n) is 1.87. The van der Waals surface area contributed by atoms with Gasteiger partial charge in [0.15, 0.2) is 0 Å². The first kappa shape index (κ1) is 15.2. The second kappa shape index (κ2) is 5.87. The van der Waals surface area contributed by atoms with E-state index in [9.17, 15) is 9.59 Å². The monoisotopic (exact) mass is 263 g/mol. The molecule has 1 rings (SSSR count). The number of benzene rings is 1. The predicted molar refractivity (Wildman–Crippen MR) is 73.9 cm³/mol. The van der Waals surface area contributed by atoms with Gasteiger partial charge in [-0.1, -0.05) is 50.6 Å². The quantitative estimate of drug-likeness (QED) is 0.874. The van der Waals surface area contributed by atoms with Crippen LogP contribution in [-0.4, -0.2) is 23.0 Å². The van der Waals surface area contributed by atoms with Crippen molar-refractivity contribution in [3.05, 3.63) is 35.4 Å². The van der Waals surface area contributed by atoms with Gasteiger partial charge >= 0.3 is 5.97 Å². The maximum Gasteiger partial charge on any atom is 0.326 e. The van der Waals surface area contributed by atoms with Crippen LogP contribution in [0.15, 0.2) is 24.3 Å². The number of rotatable bonds is 4. The van der Waals surface area contributed by atoms with Crippen LogP contribution < -0.4 is 5.32 Å². The third kappa shape index (κ3) is 4.73. The zero-order valence-electron chi connectivity index (χ0n) is 11.9. The average molecular weight is 263 g/mol. The highest BCUT2D eigenvalue weighted by atomic mass is 16.4. The van der Waals surface area contributed by atoms with Gasteiger partial charge < -0.3 is 10.4 Å². The minimum atomic E-state index is -1.01. The van der Waals surface area contributed by atoms with Crippen molar-refractivity contribution in [2.75, 3.05) is 0 Å². The Morgan fingerprint density at radius 2 is 1.95 bits per heavy atom. The van der Waals surface area contributed by atoms with Gasteiger partial charge in [-0.2, -0.15) is 0 Å². The van der Waals surface area contributed by atoms with Crippen LogP contribution >= 0.6 is 0 Å². The molecule has 0 saturated carbocycles. The molecule has 1 amide bonds. The van der Waals surface area contributed by atoms with Crippen molar-refractivity contribution < 1.29 is 14.7 Å². The molecule has 1 aromatic carbocycles. The summed E-state index contributed by atoms with van der Waals surface area (Å²) >= 11 is 0. The molecule has 1 atom stereocenters. The molecule has 19 heavy (non-hydrogen) atoms. The second-order valence-electron chi connectivity index (χ2n) is 5.87. The summed E-state index contributed by atoms with van der Waals surface area (Å²) in [6, 6.07) is 6.74. The Morgan fingerprint density at radius 3 is 2.42 bits per heavy atom. The molecule has 0 fully saturated rings. The number of amides is 1. The van der Waals surface area contributed by atoms with Gasteiger partial charge in [-0.3, -0.25) is 4.79 Å². The van der Waals surface area contributed by atoms with Crippen molar-refractivity contribution in [1.29, 1.82) is 0 Å². The number of nitrogens with one attached hydrogen (secondary N) is 1. The lowest BCUT2D eigenvalue weighted by Crippen LogP contribution is -2.49. The summed E-state index contributed by atoms with van der Waals surface area (Å²) in [5.74, 6) is -1.28. The molecule has 0 heterocycles. The summed E-state index contributed by atoms with van der Waals surface area (Å²) in [4.78, 5) is 23.1. The Morgan fingerprint density at radius 1 is 1.32 bits per heavy atom. The maximum absolute atomic E-state index is 11.9. The third-order valence-corrected chi connectivity index (χ3v) is 2.87. The van der Waals surface area contributed by atoms with Crippen LogP contribution in [0.1, 0.15) is 31.9 Å². The molecule has 2 N–H and O–H groups in total. The lowest BCUT2D eigenvalue weighted by Gasteiger charge is -2.27. The van der Waals surface area contributed by atoms with Crippen molar-refractivity contribution >= 4 is 11.9 Å². The number of carbonyl (C=O) groups excluding carboxylic acids is 1. The van der Waals surface area contributed by atoms with E-state index in [1.165, 1.54) is 0 Å². The SMILES string of the molecule is Cc1cccc(CC(=O)N[C@H](C(=O)O)C(C)(C)C)c1. The maximum atomic E-state index is 11.9. The summed E-state index contributed by atoms with van der Waals surface area (Å²) in [7, 11) is 0. The van der Waals surface area contributed by atoms with Crippen LogP contribution in [0.4, 0.5) is 0 Å². The fraction of sp³-hybridized carbons (Fsp3) is 0.467. The van der Waals surface area contributed by atoms with Gasteiger partial charge in [0.2, 0.25) is 5.91 Å². The highest BCUT2D eigenvalue weighted by molar-refractivity contribution is 5.85. The largest absolute Gasteiger partial charge is 0.480 e. The van der Waals surface area contributed by atoms with Gasteiger partial charge in [0.25, 0.3) is 0 Å².